The molecule has 0 spiro atoms. The number of hydrogen-bond acceptors (Lipinski definition) is 3. The lowest BCUT2D eigenvalue weighted by Gasteiger charge is -2.13. The molecule has 1 aliphatic heterocycles. The van der Waals surface area contributed by atoms with Crippen molar-refractivity contribution in [1.82, 2.24) is 0 Å². The van der Waals surface area contributed by atoms with Gasteiger partial charge in [0.15, 0.2) is 0 Å². The minimum atomic E-state index is -0.343. The van der Waals surface area contributed by atoms with Gasteiger partial charge in [-0.2, -0.15) is 0 Å². The number of anilines is 1. The average molecular weight is 220 g/mol. The molecule has 4 heteroatoms. The van der Waals surface area contributed by atoms with E-state index in [2.05, 4.69) is 6.92 Å². The highest BCUT2D eigenvalue weighted by Gasteiger charge is 2.29. The number of rotatable bonds is 3. The fraction of sp³-hybridized carbons (Fsp3) is 0.333. The molecular formula is C12H14NO3. The Morgan fingerprint density at radius 2 is 2.19 bits per heavy atom. The van der Waals surface area contributed by atoms with E-state index in [0.29, 0.717) is 13.2 Å². The lowest BCUT2D eigenvalue weighted by atomic mass is 10.2. The summed E-state index contributed by atoms with van der Waals surface area (Å²) in [6, 6.07) is 7.35. The van der Waals surface area contributed by atoms with Gasteiger partial charge < -0.3 is 9.47 Å². The van der Waals surface area contributed by atoms with Crippen LogP contribution in [-0.2, 0) is 4.74 Å². The lowest BCUT2D eigenvalue weighted by Crippen LogP contribution is -2.23. The molecule has 1 amide bonds. The molecule has 0 unspecified atom stereocenters. The predicted molar refractivity (Wildman–Crippen MR) is 60.6 cm³/mol. The first-order valence-corrected chi connectivity index (χ1v) is 5.25. The van der Waals surface area contributed by atoms with Crippen LogP contribution < -0.4 is 9.64 Å². The van der Waals surface area contributed by atoms with Gasteiger partial charge in [-0.1, -0.05) is 0 Å². The summed E-state index contributed by atoms with van der Waals surface area (Å²) in [4.78, 5) is 13.0. The summed E-state index contributed by atoms with van der Waals surface area (Å²) in [7, 11) is 0. The lowest BCUT2D eigenvalue weighted by molar-refractivity contribution is 0.159. The monoisotopic (exact) mass is 220 g/mol. The Hall–Kier alpha value is -1.71. The van der Waals surface area contributed by atoms with Gasteiger partial charge in [-0.3, -0.25) is 4.90 Å². The fourth-order valence-corrected chi connectivity index (χ4v) is 1.62. The molecule has 4 nitrogen and oxygen atoms in total. The molecule has 1 aliphatic rings. The Bertz CT molecular complexity index is 374. The molecule has 1 saturated heterocycles. The van der Waals surface area contributed by atoms with E-state index in [1.807, 2.05) is 31.2 Å². The Morgan fingerprint density at radius 1 is 1.50 bits per heavy atom. The van der Waals surface area contributed by atoms with Gasteiger partial charge in [-0.15, -0.1) is 0 Å². The first-order chi connectivity index (χ1) is 7.70. The Labute approximate surface area is 94.8 Å². The second-order valence-corrected chi connectivity index (χ2v) is 3.54. The molecule has 0 aromatic heterocycles. The van der Waals surface area contributed by atoms with Gasteiger partial charge in [-0.25, -0.2) is 4.79 Å². The van der Waals surface area contributed by atoms with Crippen molar-refractivity contribution in [2.45, 2.75) is 13.0 Å². The van der Waals surface area contributed by atoms with Gasteiger partial charge in [0.25, 0.3) is 0 Å². The average Bonchev–Trinajstić information content (AvgIpc) is 2.59. The van der Waals surface area contributed by atoms with Crippen LogP contribution in [0.5, 0.6) is 5.75 Å². The third-order valence-electron chi connectivity index (χ3n) is 2.33. The van der Waals surface area contributed by atoms with Crippen molar-refractivity contribution in [3.63, 3.8) is 0 Å². The van der Waals surface area contributed by atoms with E-state index < -0.39 is 0 Å². The molecule has 16 heavy (non-hydrogen) atoms. The van der Waals surface area contributed by atoms with Crippen molar-refractivity contribution in [2.24, 2.45) is 0 Å². The van der Waals surface area contributed by atoms with Crippen molar-refractivity contribution in [1.29, 1.82) is 0 Å². The van der Waals surface area contributed by atoms with E-state index in [9.17, 15) is 4.79 Å². The third-order valence-corrected chi connectivity index (χ3v) is 2.33. The van der Waals surface area contributed by atoms with Crippen LogP contribution in [0.25, 0.3) is 0 Å². The van der Waals surface area contributed by atoms with Crippen LogP contribution in [0.2, 0.25) is 0 Å². The second kappa shape index (κ2) is 4.43. The SMILES string of the molecule is [CH2][C@H]1CN(c2ccc(OCC)cc2)C(=O)O1. The number of cyclic esters (lactones) is 1. The summed E-state index contributed by atoms with van der Waals surface area (Å²) in [5, 5.41) is 0. The third kappa shape index (κ3) is 2.10. The van der Waals surface area contributed by atoms with E-state index in [0.717, 1.165) is 11.4 Å². The van der Waals surface area contributed by atoms with E-state index >= 15 is 0 Å². The highest BCUT2D eigenvalue weighted by Crippen LogP contribution is 2.23. The molecule has 0 bridgehead atoms. The highest BCUT2D eigenvalue weighted by atomic mass is 16.6. The van der Waals surface area contributed by atoms with Crippen LogP contribution in [0, 0.1) is 6.92 Å². The molecular weight excluding hydrogens is 206 g/mol. The molecule has 0 saturated carbocycles. The topological polar surface area (TPSA) is 38.8 Å². The fourth-order valence-electron chi connectivity index (χ4n) is 1.62. The normalized spacial score (nSPS) is 19.8. The molecule has 1 fully saturated rings. The van der Waals surface area contributed by atoms with Gasteiger partial charge in [-0.05, 0) is 38.1 Å². The van der Waals surface area contributed by atoms with Crippen LogP contribution >= 0.6 is 0 Å². The van der Waals surface area contributed by atoms with E-state index in [1.54, 1.807) is 4.90 Å². The van der Waals surface area contributed by atoms with Gasteiger partial charge in [0.2, 0.25) is 0 Å². The number of hydrogen-bond donors (Lipinski definition) is 0. The predicted octanol–water partition coefficient (Wildman–Crippen LogP) is 2.24. The van der Waals surface area contributed by atoms with Gasteiger partial charge in [0.05, 0.1) is 13.2 Å². The maximum Gasteiger partial charge on any atom is 0.414 e. The quantitative estimate of drug-likeness (QED) is 0.784. The van der Waals surface area contributed by atoms with Gasteiger partial charge >= 0.3 is 6.09 Å². The van der Waals surface area contributed by atoms with E-state index in [-0.39, 0.29) is 12.2 Å². The Kier molecular flexibility index (Phi) is 2.99. The smallest absolute Gasteiger partial charge is 0.414 e. The highest BCUT2D eigenvalue weighted by molar-refractivity contribution is 5.89. The molecule has 1 heterocycles. The molecule has 2 rings (SSSR count). The van der Waals surface area contributed by atoms with Gasteiger partial charge in [0, 0.05) is 5.69 Å². The maximum absolute atomic E-state index is 11.4. The minimum Gasteiger partial charge on any atom is -0.494 e. The van der Waals surface area contributed by atoms with E-state index in [4.69, 9.17) is 9.47 Å². The summed E-state index contributed by atoms with van der Waals surface area (Å²) in [6.45, 7) is 6.75. The van der Waals surface area contributed by atoms with Crippen LogP contribution in [0.4, 0.5) is 10.5 Å². The summed E-state index contributed by atoms with van der Waals surface area (Å²) in [5.41, 5.74) is 0.805. The van der Waals surface area contributed by atoms with Crippen LogP contribution in [0.15, 0.2) is 24.3 Å². The molecule has 1 aromatic rings. The van der Waals surface area contributed by atoms with Crippen LogP contribution in [0.3, 0.4) is 0 Å². The van der Waals surface area contributed by atoms with Crippen molar-refractivity contribution in [2.75, 3.05) is 18.1 Å². The zero-order valence-corrected chi connectivity index (χ0v) is 9.18. The molecule has 1 radical (unpaired) electrons. The molecule has 1 atom stereocenters. The summed E-state index contributed by atoms with van der Waals surface area (Å²) in [5.74, 6) is 0.796. The largest absolute Gasteiger partial charge is 0.494 e. The first kappa shape index (κ1) is 10.8. The first-order valence-electron chi connectivity index (χ1n) is 5.25. The van der Waals surface area contributed by atoms with Crippen LogP contribution in [-0.4, -0.2) is 25.3 Å². The summed E-state index contributed by atoms with van der Waals surface area (Å²) in [6.07, 6.45) is -0.636. The van der Waals surface area contributed by atoms with Gasteiger partial charge in [0.1, 0.15) is 11.9 Å². The number of benzene rings is 1. The minimum absolute atomic E-state index is 0.293. The molecule has 0 N–H and O–H groups in total. The number of amides is 1. The van der Waals surface area contributed by atoms with Crippen LogP contribution in [0.1, 0.15) is 6.92 Å². The number of carbonyl (C=O) groups excluding carboxylic acids is 1. The Balaban J connectivity index is 2.12. The molecule has 1 aromatic carbocycles. The molecule has 85 valence electrons. The number of carbonyl (C=O) groups is 1. The number of ether oxygens (including phenoxy) is 2. The maximum atomic E-state index is 11.4. The van der Waals surface area contributed by atoms with Crippen molar-refractivity contribution >= 4 is 11.8 Å². The van der Waals surface area contributed by atoms with Crippen molar-refractivity contribution < 1.29 is 14.3 Å². The van der Waals surface area contributed by atoms with Crippen molar-refractivity contribution in [3.8, 4) is 5.75 Å². The standard InChI is InChI=1S/C12H14NO3/c1-3-15-11-6-4-10(5-7-11)13-8-9(2)16-12(13)14/h4-7,9H,2-3,8H2,1H3/t9-/m0/s1. The van der Waals surface area contributed by atoms with Crippen molar-refractivity contribution in [3.05, 3.63) is 31.2 Å². The summed E-state index contributed by atoms with van der Waals surface area (Å²) >= 11 is 0. The number of nitrogens with zero attached hydrogens (tertiary/aromatic N) is 1. The zero-order chi connectivity index (χ0) is 11.5. The second-order valence-electron chi connectivity index (χ2n) is 3.54. The van der Waals surface area contributed by atoms with E-state index in [1.165, 1.54) is 0 Å². The molecule has 0 aliphatic carbocycles. The summed E-state index contributed by atoms with van der Waals surface area (Å²) < 4.78 is 10.3. The Morgan fingerprint density at radius 3 is 2.69 bits per heavy atom. The zero-order valence-electron chi connectivity index (χ0n) is 9.18.